The lowest BCUT2D eigenvalue weighted by atomic mass is 10.1. The number of thioether (sulfide) groups is 1. The van der Waals surface area contributed by atoms with Gasteiger partial charge in [-0.3, -0.25) is 0 Å². The number of hydrogen-bond donors (Lipinski definition) is 0. The molecule has 0 unspecified atom stereocenters. The van der Waals surface area contributed by atoms with Crippen LogP contribution in [0.5, 0.6) is 0 Å². The summed E-state index contributed by atoms with van der Waals surface area (Å²) in [6.07, 6.45) is 0.877. The summed E-state index contributed by atoms with van der Waals surface area (Å²) in [4.78, 5) is 13.3. The third kappa shape index (κ3) is 3.40. The number of carbonyl (C=O) groups is 1. The molecule has 1 heterocycles. The fraction of sp³-hybridized carbons (Fsp3) is 0.900. The summed E-state index contributed by atoms with van der Waals surface area (Å²) in [7, 11) is 0. The van der Waals surface area contributed by atoms with Crippen LogP contribution in [0.15, 0.2) is 0 Å². The van der Waals surface area contributed by atoms with Crippen LogP contribution in [-0.2, 0) is 4.74 Å². The summed E-state index contributed by atoms with van der Waals surface area (Å²) in [5, 5.41) is 0. The van der Waals surface area contributed by atoms with Gasteiger partial charge in [-0.15, -0.1) is 0 Å². The van der Waals surface area contributed by atoms with Gasteiger partial charge in [-0.25, -0.2) is 4.79 Å². The third-order valence-electron chi connectivity index (χ3n) is 2.36. The number of rotatable bonds is 1. The van der Waals surface area contributed by atoms with Crippen LogP contribution in [0.1, 0.15) is 27.2 Å². The molecule has 1 fully saturated rings. The molecule has 0 aromatic heterocycles. The lowest BCUT2D eigenvalue weighted by Gasteiger charge is -2.22. The van der Waals surface area contributed by atoms with Crippen molar-refractivity contribution in [2.75, 3.05) is 25.4 Å². The Labute approximate surface area is 90.2 Å². The first-order chi connectivity index (χ1) is 6.55. The maximum absolute atomic E-state index is 11.5. The van der Waals surface area contributed by atoms with Gasteiger partial charge in [0.15, 0.2) is 0 Å². The van der Waals surface area contributed by atoms with E-state index in [0.29, 0.717) is 11.4 Å². The number of hydrogen-bond acceptors (Lipinski definition) is 3. The highest BCUT2D eigenvalue weighted by Crippen LogP contribution is 2.30. The minimum Gasteiger partial charge on any atom is -0.450 e. The van der Waals surface area contributed by atoms with Crippen LogP contribution in [-0.4, -0.2) is 41.2 Å². The average molecular weight is 217 g/mol. The monoisotopic (exact) mass is 217 g/mol. The molecule has 14 heavy (non-hydrogen) atoms. The van der Waals surface area contributed by atoms with E-state index in [1.165, 1.54) is 0 Å². The Morgan fingerprint density at radius 3 is 2.86 bits per heavy atom. The molecule has 0 N–H and O–H groups in total. The van der Waals surface area contributed by atoms with E-state index in [1.54, 1.807) is 0 Å². The van der Waals surface area contributed by atoms with E-state index >= 15 is 0 Å². The van der Waals surface area contributed by atoms with Gasteiger partial charge in [-0.1, -0.05) is 13.8 Å². The quantitative estimate of drug-likeness (QED) is 0.675. The van der Waals surface area contributed by atoms with Crippen molar-refractivity contribution in [3.05, 3.63) is 0 Å². The first-order valence-electron chi connectivity index (χ1n) is 5.11. The Morgan fingerprint density at radius 1 is 1.50 bits per heavy atom. The lowest BCUT2D eigenvalue weighted by Crippen LogP contribution is -2.34. The number of carbonyl (C=O) groups excluding carboxylic acids is 1. The first kappa shape index (κ1) is 11.7. The zero-order valence-electron chi connectivity index (χ0n) is 9.21. The molecule has 0 spiro atoms. The molecule has 1 aliphatic heterocycles. The zero-order valence-corrected chi connectivity index (χ0v) is 10.0. The molecule has 0 radical (unpaired) electrons. The normalized spacial score (nSPS) is 21.5. The largest absolute Gasteiger partial charge is 0.450 e. The van der Waals surface area contributed by atoms with Crippen molar-refractivity contribution in [1.82, 2.24) is 4.90 Å². The van der Waals surface area contributed by atoms with Crippen LogP contribution in [0.3, 0.4) is 0 Å². The Balaban J connectivity index is 2.45. The van der Waals surface area contributed by atoms with Crippen LogP contribution in [0.4, 0.5) is 4.79 Å². The fourth-order valence-corrected chi connectivity index (χ4v) is 2.52. The van der Waals surface area contributed by atoms with Crippen molar-refractivity contribution in [2.45, 2.75) is 31.9 Å². The molecule has 1 aliphatic rings. The highest BCUT2D eigenvalue weighted by Gasteiger charge is 2.26. The predicted octanol–water partition coefficient (Wildman–Crippen LogP) is 2.36. The second kappa shape index (κ2) is 4.91. The molecule has 0 bridgehead atoms. The second-order valence-electron chi connectivity index (χ2n) is 4.04. The summed E-state index contributed by atoms with van der Waals surface area (Å²) >= 11 is 1.93. The van der Waals surface area contributed by atoms with E-state index in [4.69, 9.17) is 4.74 Å². The van der Waals surface area contributed by atoms with Crippen molar-refractivity contribution in [3.8, 4) is 0 Å². The van der Waals surface area contributed by atoms with E-state index in [9.17, 15) is 4.79 Å². The van der Waals surface area contributed by atoms with Gasteiger partial charge in [0.2, 0.25) is 0 Å². The maximum atomic E-state index is 11.5. The van der Waals surface area contributed by atoms with Gasteiger partial charge in [-0.2, -0.15) is 11.8 Å². The highest BCUT2D eigenvalue weighted by molar-refractivity contribution is 8.00. The molecule has 0 aromatic rings. The molecule has 0 saturated carbocycles. The smallest absolute Gasteiger partial charge is 0.409 e. The van der Waals surface area contributed by atoms with E-state index < -0.39 is 0 Å². The molecule has 0 aromatic carbocycles. The number of ether oxygens (including phenoxy) is 1. The average Bonchev–Trinajstić information content (AvgIpc) is 2.27. The van der Waals surface area contributed by atoms with Gasteiger partial charge in [0.05, 0.1) is 6.61 Å². The van der Waals surface area contributed by atoms with Gasteiger partial charge < -0.3 is 9.64 Å². The number of nitrogens with zero attached hydrogens (tertiary/aromatic N) is 1. The first-order valence-corrected chi connectivity index (χ1v) is 6.09. The van der Waals surface area contributed by atoms with E-state index in [1.807, 2.05) is 23.6 Å². The van der Waals surface area contributed by atoms with Crippen molar-refractivity contribution < 1.29 is 9.53 Å². The molecule has 82 valence electrons. The second-order valence-corrected chi connectivity index (χ2v) is 5.85. The van der Waals surface area contributed by atoms with Crippen LogP contribution < -0.4 is 0 Å². The summed E-state index contributed by atoms with van der Waals surface area (Å²) in [6, 6.07) is 0. The number of amides is 1. The standard InChI is InChI=1S/C10H19NO2S/c1-4-13-9(12)11-6-5-10(2,3)14-8-7-11/h4-8H2,1-3H3. The predicted molar refractivity (Wildman–Crippen MR) is 59.7 cm³/mol. The van der Waals surface area contributed by atoms with Crippen molar-refractivity contribution in [3.63, 3.8) is 0 Å². The van der Waals surface area contributed by atoms with E-state index in [2.05, 4.69) is 13.8 Å². The Kier molecular flexibility index (Phi) is 4.11. The highest BCUT2D eigenvalue weighted by atomic mass is 32.2. The topological polar surface area (TPSA) is 29.5 Å². The fourth-order valence-electron chi connectivity index (χ4n) is 1.42. The van der Waals surface area contributed by atoms with Crippen LogP contribution >= 0.6 is 11.8 Å². The molecule has 1 rings (SSSR count). The summed E-state index contributed by atoms with van der Waals surface area (Å²) in [5.41, 5.74) is 0. The Bertz CT molecular complexity index is 206. The summed E-state index contributed by atoms with van der Waals surface area (Å²) < 4.78 is 5.28. The van der Waals surface area contributed by atoms with Crippen molar-refractivity contribution >= 4 is 17.9 Å². The molecular weight excluding hydrogens is 198 g/mol. The van der Waals surface area contributed by atoms with Crippen LogP contribution in [0.2, 0.25) is 0 Å². The van der Waals surface area contributed by atoms with Crippen molar-refractivity contribution in [1.29, 1.82) is 0 Å². The zero-order chi connectivity index (χ0) is 10.6. The van der Waals surface area contributed by atoms with Gasteiger partial charge in [0.1, 0.15) is 0 Å². The Morgan fingerprint density at radius 2 is 2.21 bits per heavy atom. The molecule has 1 amide bonds. The van der Waals surface area contributed by atoms with Gasteiger partial charge >= 0.3 is 6.09 Å². The minimum atomic E-state index is -0.161. The SMILES string of the molecule is CCOC(=O)N1CCSC(C)(C)CC1. The molecule has 0 aliphatic carbocycles. The molecule has 3 nitrogen and oxygen atoms in total. The van der Waals surface area contributed by atoms with Crippen LogP contribution in [0, 0.1) is 0 Å². The van der Waals surface area contributed by atoms with E-state index in [0.717, 1.165) is 25.3 Å². The van der Waals surface area contributed by atoms with Gasteiger partial charge in [0, 0.05) is 23.6 Å². The van der Waals surface area contributed by atoms with E-state index in [-0.39, 0.29) is 6.09 Å². The molecule has 0 atom stereocenters. The van der Waals surface area contributed by atoms with Gasteiger partial charge in [-0.05, 0) is 13.3 Å². The van der Waals surface area contributed by atoms with Gasteiger partial charge in [0.25, 0.3) is 0 Å². The lowest BCUT2D eigenvalue weighted by molar-refractivity contribution is 0.109. The van der Waals surface area contributed by atoms with Crippen molar-refractivity contribution in [2.24, 2.45) is 0 Å². The minimum absolute atomic E-state index is 0.161. The molecular formula is C10H19NO2S. The molecule has 4 heteroatoms. The Hall–Kier alpha value is -0.380. The summed E-state index contributed by atoms with van der Waals surface area (Å²) in [5.74, 6) is 1.01. The summed E-state index contributed by atoms with van der Waals surface area (Å²) in [6.45, 7) is 8.39. The van der Waals surface area contributed by atoms with Crippen LogP contribution in [0.25, 0.3) is 0 Å². The third-order valence-corrected chi connectivity index (χ3v) is 3.74. The maximum Gasteiger partial charge on any atom is 0.409 e. The molecule has 1 saturated heterocycles.